The van der Waals surface area contributed by atoms with Crippen LogP contribution in [0, 0.1) is 12.8 Å². The third kappa shape index (κ3) is 3.70. The zero-order valence-electron chi connectivity index (χ0n) is 10.5. The summed E-state index contributed by atoms with van der Waals surface area (Å²) < 4.78 is 0. The Morgan fingerprint density at radius 1 is 1.50 bits per heavy atom. The van der Waals surface area contributed by atoms with Crippen LogP contribution in [0.15, 0.2) is 12.1 Å². The van der Waals surface area contributed by atoms with Crippen LogP contribution in [0.2, 0.25) is 0 Å². The maximum atomic E-state index is 10.8. The van der Waals surface area contributed by atoms with E-state index in [2.05, 4.69) is 4.98 Å². The molecule has 0 atom stereocenters. The minimum atomic E-state index is -0.845. The van der Waals surface area contributed by atoms with Gasteiger partial charge in [0.15, 0.2) is 0 Å². The van der Waals surface area contributed by atoms with Gasteiger partial charge in [-0.1, -0.05) is 0 Å². The topological polar surface area (TPSA) is 73.7 Å². The Labute approximate surface area is 106 Å². The number of carboxylic acids is 1. The second-order valence-corrected chi connectivity index (χ2v) is 4.93. The summed E-state index contributed by atoms with van der Waals surface area (Å²) in [6.07, 6.45) is 2.34. The Hall–Kier alpha value is -1.62. The standard InChI is InChI=1S/C13H18N2O3/c1-9-2-5-12(16)11(14-9)7-15(8-13(17)18)6-10-3-4-10/h2,5,10,16H,3-4,6-8H2,1H3,(H,17,18). The summed E-state index contributed by atoms with van der Waals surface area (Å²) in [5, 5.41) is 18.6. The van der Waals surface area contributed by atoms with Crippen molar-refractivity contribution >= 4 is 5.97 Å². The maximum Gasteiger partial charge on any atom is 0.317 e. The van der Waals surface area contributed by atoms with Gasteiger partial charge in [-0.2, -0.15) is 0 Å². The number of aromatic nitrogens is 1. The van der Waals surface area contributed by atoms with Gasteiger partial charge in [-0.25, -0.2) is 0 Å². The van der Waals surface area contributed by atoms with Crippen LogP contribution >= 0.6 is 0 Å². The molecular formula is C13H18N2O3. The van der Waals surface area contributed by atoms with Gasteiger partial charge in [0.2, 0.25) is 0 Å². The predicted molar refractivity (Wildman–Crippen MR) is 66.3 cm³/mol. The van der Waals surface area contributed by atoms with E-state index in [4.69, 9.17) is 5.11 Å². The summed E-state index contributed by atoms with van der Waals surface area (Å²) in [6.45, 7) is 2.99. The molecule has 0 unspecified atom stereocenters. The quantitative estimate of drug-likeness (QED) is 0.798. The van der Waals surface area contributed by atoms with Crippen molar-refractivity contribution in [1.29, 1.82) is 0 Å². The molecule has 0 radical (unpaired) electrons. The average molecular weight is 250 g/mol. The van der Waals surface area contributed by atoms with Gasteiger partial charge in [0.1, 0.15) is 5.75 Å². The number of hydrogen-bond acceptors (Lipinski definition) is 4. The Kier molecular flexibility index (Phi) is 3.81. The first-order chi connectivity index (χ1) is 8.54. The summed E-state index contributed by atoms with van der Waals surface area (Å²) >= 11 is 0. The van der Waals surface area contributed by atoms with E-state index in [1.807, 2.05) is 11.8 Å². The molecule has 1 aliphatic carbocycles. The van der Waals surface area contributed by atoms with E-state index in [9.17, 15) is 9.90 Å². The number of hydrogen-bond donors (Lipinski definition) is 2. The summed E-state index contributed by atoms with van der Waals surface area (Å²) in [5.74, 6) is -0.106. The van der Waals surface area contributed by atoms with Crippen molar-refractivity contribution in [2.45, 2.75) is 26.3 Å². The fourth-order valence-electron chi connectivity index (χ4n) is 1.97. The van der Waals surface area contributed by atoms with Crippen LogP contribution in [-0.4, -0.2) is 39.2 Å². The number of carbonyl (C=O) groups is 1. The monoisotopic (exact) mass is 250 g/mol. The molecule has 5 nitrogen and oxygen atoms in total. The van der Waals surface area contributed by atoms with Crippen molar-refractivity contribution < 1.29 is 15.0 Å². The van der Waals surface area contributed by atoms with Crippen LogP contribution in [0.1, 0.15) is 24.2 Å². The second kappa shape index (κ2) is 5.35. The molecule has 1 aromatic rings. The van der Waals surface area contributed by atoms with Gasteiger partial charge >= 0.3 is 5.97 Å². The molecule has 1 heterocycles. The molecular weight excluding hydrogens is 232 g/mol. The van der Waals surface area contributed by atoms with E-state index in [1.54, 1.807) is 12.1 Å². The lowest BCUT2D eigenvalue weighted by Crippen LogP contribution is -2.31. The van der Waals surface area contributed by atoms with Crippen LogP contribution in [0.25, 0.3) is 0 Å². The molecule has 2 N–H and O–H groups in total. The van der Waals surface area contributed by atoms with E-state index < -0.39 is 5.97 Å². The largest absolute Gasteiger partial charge is 0.506 e. The molecule has 1 aliphatic rings. The Bertz CT molecular complexity index is 444. The predicted octanol–water partition coefficient (Wildman–Crippen LogP) is 1.39. The van der Waals surface area contributed by atoms with Gasteiger partial charge in [-0.05, 0) is 37.8 Å². The van der Waals surface area contributed by atoms with Crippen molar-refractivity contribution in [3.63, 3.8) is 0 Å². The van der Waals surface area contributed by atoms with E-state index >= 15 is 0 Å². The molecule has 1 saturated carbocycles. The molecule has 1 fully saturated rings. The number of aromatic hydroxyl groups is 1. The fourth-order valence-corrected chi connectivity index (χ4v) is 1.97. The smallest absolute Gasteiger partial charge is 0.317 e. The molecule has 5 heteroatoms. The SMILES string of the molecule is Cc1ccc(O)c(CN(CC(=O)O)CC2CC2)n1. The summed E-state index contributed by atoms with van der Waals surface area (Å²) in [7, 11) is 0. The van der Waals surface area contributed by atoms with E-state index in [0.717, 1.165) is 12.2 Å². The lowest BCUT2D eigenvalue weighted by molar-refractivity contribution is -0.138. The Morgan fingerprint density at radius 3 is 2.83 bits per heavy atom. The number of aliphatic carboxylic acids is 1. The molecule has 2 rings (SSSR count). The molecule has 0 spiro atoms. The first-order valence-corrected chi connectivity index (χ1v) is 6.14. The molecule has 0 aliphatic heterocycles. The highest BCUT2D eigenvalue weighted by atomic mass is 16.4. The molecule has 0 bridgehead atoms. The lowest BCUT2D eigenvalue weighted by atomic mass is 10.2. The number of pyridine rings is 1. The van der Waals surface area contributed by atoms with Gasteiger partial charge in [0.25, 0.3) is 0 Å². The van der Waals surface area contributed by atoms with E-state index in [1.165, 1.54) is 12.8 Å². The average Bonchev–Trinajstić information content (AvgIpc) is 3.06. The van der Waals surface area contributed by atoms with E-state index in [0.29, 0.717) is 18.2 Å². The third-order valence-electron chi connectivity index (χ3n) is 3.03. The highest BCUT2D eigenvalue weighted by Gasteiger charge is 2.26. The number of rotatable bonds is 6. The minimum Gasteiger partial charge on any atom is -0.506 e. The highest BCUT2D eigenvalue weighted by molar-refractivity contribution is 5.69. The summed E-state index contributed by atoms with van der Waals surface area (Å²) in [5.41, 5.74) is 1.38. The minimum absolute atomic E-state index is 0.00837. The first kappa shape index (κ1) is 12.8. The van der Waals surface area contributed by atoms with Crippen LogP contribution in [0.3, 0.4) is 0 Å². The normalized spacial score (nSPS) is 15.0. The highest BCUT2D eigenvalue weighted by Crippen LogP contribution is 2.30. The van der Waals surface area contributed by atoms with Crippen LogP contribution < -0.4 is 0 Å². The van der Waals surface area contributed by atoms with Crippen LogP contribution in [-0.2, 0) is 11.3 Å². The zero-order chi connectivity index (χ0) is 13.1. The number of carboxylic acid groups (broad SMARTS) is 1. The number of aryl methyl sites for hydroxylation is 1. The van der Waals surface area contributed by atoms with Crippen molar-refractivity contribution in [3.8, 4) is 5.75 Å². The van der Waals surface area contributed by atoms with Crippen molar-refractivity contribution in [1.82, 2.24) is 9.88 Å². The van der Waals surface area contributed by atoms with E-state index in [-0.39, 0.29) is 12.3 Å². The zero-order valence-corrected chi connectivity index (χ0v) is 10.5. The molecule has 18 heavy (non-hydrogen) atoms. The summed E-state index contributed by atoms with van der Waals surface area (Å²) in [6, 6.07) is 3.34. The second-order valence-electron chi connectivity index (χ2n) is 4.93. The van der Waals surface area contributed by atoms with Gasteiger partial charge in [0.05, 0.1) is 12.2 Å². The van der Waals surface area contributed by atoms with Crippen molar-refractivity contribution in [2.24, 2.45) is 5.92 Å². The van der Waals surface area contributed by atoms with Gasteiger partial charge in [0, 0.05) is 18.8 Å². The molecule has 0 aromatic carbocycles. The Morgan fingerprint density at radius 2 is 2.22 bits per heavy atom. The lowest BCUT2D eigenvalue weighted by Gasteiger charge is -2.20. The molecule has 0 saturated heterocycles. The van der Waals surface area contributed by atoms with Crippen LogP contribution in [0.5, 0.6) is 5.75 Å². The maximum absolute atomic E-state index is 10.8. The summed E-state index contributed by atoms with van der Waals surface area (Å²) in [4.78, 5) is 16.9. The number of nitrogens with zero attached hydrogens (tertiary/aromatic N) is 2. The van der Waals surface area contributed by atoms with Gasteiger partial charge < -0.3 is 10.2 Å². The van der Waals surface area contributed by atoms with Crippen molar-refractivity contribution in [2.75, 3.05) is 13.1 Å². The van der Waals surface area contributed by atoms with Crippen LogP contribution in [0.4, 0.5) is 0 Å². The molecule has 98 valence electrons. The molecule has 0 amide bonds. The Balaban J connectivity index is 2.05. The van der Waals surface area contributed by atoms with Crippen molar-refractivity contribution in [3.05, 3.63) is 23.5 Å². The molecule has 1 aromatic heterocycles. The fraction of sp³-hybridized carbons (Fsp3) is 0.538. The van der Waals surface area contributed by atoms with Gasteiger partial charge in [-0.15, -0.1) is 0 Å². The van der Waals surface area contributed by atoms with Gasteiger partial charge in [-0.3, -0.25) is 14.7 Å². The first-order valence-electron chi connectivity index (χ1n) is 6.14. The third-order valence-corrected chi connectivity index (χ3v) is 3.03.